The summed E-state index contributed by atoms with van der Waals surface area (Å²) in [6.45, 7) is 2.65. The molecular formula is C24H26Cl2N4O3. The number of rotatable bonds is 8. The Kier molecular flexibility index (Phi) is 7.85. The van der Waals surface area contributed by atoms with Gasteiger partial charge in [-0.2, -0.15) is 4.98 Å². The van der Waals surface area contributed by atoms with Gasteiger partial charge in [-0.05, 0) is 61.7 Å². The van der Waals surface area contributed by atoms with E-state index in [4.69, 9.17) is 32.5 Å². The lowest BCUT2D eigenvalue weighted by atomic mass is 9.97. The maximum atomic E-state index is 12.7. The molecule has 0 bridgehead atoms. The third-order valence-corrected chi connectivity index (χ3v) is 6.30. The molecule has 1 N–H and O–H groups in total. The Morgan fingerprint density at radius 1 is 1.24 bits per heavy atom. The van der Waals surface area contributed by atoms with E-state index in [0.29, 0.717) is 47.0 Å². The van der Waals surface area contributed by atoms with E-state index < -0.39 is 0 Å². The minimum absolute atomic E-state index is 0.0530. The number of halogens is 2. The normalized spacial score (nSPS) is 16.5. The van der Waals surface area contributed by atoms with Crippen LogP contribution in [0.3, 0.4) is 0 Å². The molecule has 7 nitrogen and oxygen atoms in total. The summed E-state index contributed by atoms with van der Waals surface area (Å²) in [5.41, 5.74) is 1.83. The number of hydrogen-bond acceptors (Lipinski definition) is 6. The van der Waals surface area contributed by atoms with E-state index in [2.05, 4.69) is 20.4 Å². The second-order valence-corrected chi connectivity index (χ2v) is 8.94. The van der Waals surface area contributed by atoms with Crippen molar-refractivity contribution in [1.29, 1.82) is 0 Å². The van der Waals surface area contributed by atoms with E-state index in [1.54, 1.807) is 25.3 Å². The van der Waals surface area contributed by atoms with Crippen molar-refractivity contribution in [3.63, 3.8) is 0 Å². The highest BCUT2D eigenvalue weighted by molar-refractivity contribution is 6.36. The number of likely N-dealkylation sites (tertiary alicyclic amines) is 1. The lowest BCUT2D eigenvalue weighted by Crippen LogP contribution is -2.43. The van der Waals surface area contributed by atoms with Gasteiger partial charge >= 0.3 is 0 Å². The molecule has 0 spiro atoms. The number of aromatic nitrogens is 2. The quantitative estimate of drug-likeness (QED) is 0.498. The Hall–Kier alpha value is -2.61. The van der Waals surface area contributed by atoms with Crippen LogP contribution in [0.25, 0.3) is 11.4 Å². The smallest absolute Gasteiger partial charge is 0.241 e. The van der Waals surface area contributed by atoms with Gasteiger partial charge in [0, 0.05) is 23.7 Å². The standard InChI is InChI=1S/C24H26Cl2N4O3/c1-32-19-7-4-16(5-8-19)10-11-27-24(31)17-3-2-12-30(14-17)15-22-28-23(29-33-22)20-9-6-18(25)13-21(20)26/h4-9,13,17H,2-3,10-12,14-15H2,1H3,(H,27,31). The number of nitrogens with one attached hydrogen (secondary N) is 1. The zero-order chi connectivity index (χ0) is 23.2. The number of carbonyl (C=O) groups is 1. The lowest BCUT2D eigenvalue weighted by Gasteiger charge is -2.30. The highest BCUT2D eigenvalue weighted by atomic mass is 35.5. The van der Waals surface area contributed by atoms with Crippen molar-refractivity contribution in [1.82, 2.24) is 20.4 Å². The fraction of sp³-hybridized carbons (Fsp3) is 0.375. The Bertz CT molecular complexity index is 1090. The van der Waals surface area contributed by atoms with Crippen molar-refractivity contribution < 1.29 is 14.1 Å². The predicted octanol–water partition coefficient (Wildman–Crippen LogP) is 4.62. The first-order valence-electron chi connectivity index (χ1n) is 10.9. The summed E-state index contributed by atoms with van der Waals surface area (Å²) in [5, 5.41) is 8.15. The summed E-state index contributed by atoms with van der Waals surface area (Å²) in [4.78, 5) is 19.4. The van der Waals surface area contributed by atoms with Gasteiger partial charge in [-0.15, -0.1) is 0 Å². The highest BCUT2D eigenvalue weighted by Gasteiger charge is 2.27. The molecule has 0 saturated carbocycles. The first-order chi connectivity index (χ1) is 16.0. The molecule has 0 radical (unpaired) electrons. The third-order valence-electron chi connectivity index (χ3n) is 5.75. The van der Waals surface area contributed by atoms with E-state index in [1.807, 2.05) is 24.3 Å². The van der Waals surface area contributed by atoms with Crippen LogP contribution in [0.1, 0.15) is 24.3 Å². The summed E-state index contributed by atoms with van der Waals surface area (Å²) in [6.07, 6.45) is 2.60. The van der Waals surface area contributed by atoms with Crippen LogP contribution >= 0.6 is 23.2 Å². The van der Waals surface area contributed by atoms with E-state index in [0.717, 1.165) is 37.1 Å². The van der Waals surface area contributed by atoms with Crippen LogP contribution < -0.4 is 10.1 Å². The number of hydrogen-bond donors (Lipinski definition) is 1. The molecule has 2 aromatic carbocycles. The van der Waals surface area contributed by atoms with Crippen LogP contribution in [0, 0.1) is 5.92 Å². The minimum Gasteiger partial charge on any atom is -0.497 e. The number of carbonyl (C=O) groups excluding carboxylic acids is 1. The van der Waals surface area contributed by atoms with Crippen LogP contribution in [0.2, 0.25) is 10.0 Å². The summed E-state index contributed by atoms with van der Waals surface area (Å²) >= 11 is 12.2. The molecule has 1 amide bonds. The van der Waals surface area contributed by atoms with E-state index >= 15 is 0 Å². The van der Waals surface area contributed by atoms with Gasteiger partial charge in [0.2, 0.25) is 17.6 Å². The number of ether oxygens (including phenoxy) is 1. The van der Waals surface area contributed by atoms with Gasteiger partial charge in [0.15, 0.2) is 0 Å². The molecule has 2 heterocycles. The van der Waals surface area contributed by atoms with E-state index in [-0.39, 0.29) is 11.8 Å². The molecule has 1 aliphatic heterocycles. The van der Waals surface area contributed by atoms with Gasteiger partial charge < -0.3 is 14.6 Å². The van der Waals surface area contributed by atoms with Crippen molar-refractivity contribution >= 4 is 29.1 Å². The minimum atomic E-state index is -0.0530. The van der Waals surface area contributed by atoms with Crippen LogP contribution in [0.15, 0.2) is 47.0 Å². The molecule has 4 rings (SSSR count). The van der Waals surface area contributed by atoms with Gasteiger partial charge in [0.05, 0.1) is 24.6 Å². The van der Waals surface area contributed by atoms with Crippen LogP contribution in [-0.2, 0) is 17.8 Å². The summed E-state index contributed by atoms with van der Waals surface area (Å²) < 4.78 is 10.6. The Morgan fingerprint density at radius 3 is 2.82 bits per heavy atom. The van der Waals surface area contributed by atoms with Gasteiger partial charge in [0.1, 0.15) is 5.75 Å². The predicted molar refractivity (Wildman–Crippen MR) is 127 cm³/mol. The van der Waals surface area contributed by atoms with Crippen molar-refractivity contribution in [2.45, 2.75) is 25.8 Å². The molecule has 1 unspecified atom stereocenters. The van der Waals surface area contributed by atoms with E-state index in [9.17, 15) is 4.79 Å². The van der Waals surface area contributed by atoms with Crippen molar-refractivity contribution in [2.24, 2.45) is 5.92 Å². The Balaban J connectivity index is 1.27. The average molecular weight is 489 g/mol. The molecule has 174 valence electrons. The highest BCUT2D eigenvalue weighted by Crippen LogP contribution is 2.28. The maximum absolute atomic E-state index is 12.7. The van der Waals surface area contributed by atoms with Crippen molar-refractivity contribution in [3.8, 4) is 17.1 Å². The van der Waals surface area contributed by atoms with Crippen molar-refractivity contribution in [2.75, 3.05) is 26.7 Å². The van der Waals surface area contributed by atoms with Gasteiger partial charge in [-0.3, -0.25) is 9.69 Å². The summed E-state index contributed by atoms with van der Waals surface area (Å²) in [5.74, 6) is 1.79. The van der Waals surface area contributed by atoms with Gasteiger partial charge in [-0.1, -0.05) is 40.5 Å². The maximum Gasteiger partial charge on any atom is 0.241 e. The zero-order valence-electron chi connectivity index (χ0n) is 18.4. The Morgan fingerprint density at radius 2 is 2.06 bits per heavy atom. The first kappa shape index (κ1) is 23.5. The number of nitrogens with zero attached hydrogens (tertiary/aromatic N) is 3. The molecular weight excluding hydrogens is 463 g/mol. The molecule has 1 fully saturated rings. The molecule has 1 atom stereocenters. The monoisotopic (exact) mass is 488 g/mol. The number of benzene rings is 2. The summed E-state index contributed by atoms with van der Waals surface area (Å²) in [7, 11) is 1.65. The third kappa shape index (κ3) is 6.25. The largest absolute Gasteiger partial charge is 0.497 e. The Labute approximate surface area is 203 Å². The SMILES string of the molecule is COc1ccc(CCNC(=O)C2CCCN(Cc3nc(-c4ccc(Cl)cc4Cl)no3)C2)cc1. The number of methoxy groups -OCH3 is 1. The molecule has 1 aliphatic rings. The number of piperidine rings is 1. The topological polar surface area (TPSA) is 80.5 Å². The van der Waals surface area contributed by atoms with Crippen LogP contribution in [0.4, 0.5) is 0 Å². The molecule has 0 aliphatic carbocycles. The second-order valence-electron chi connectivity index (χ2n) is 8.10. The molecule has 1 saturated heterocycles. The van der Waals surface area contributed by atoms with Crippen molar-refractivity contribution in [3.05, 3.63) is 64.0 Å². The zero-order valence-corrected chi connectivity index (χ0v) is 19.9. The van der Waals surface area contributed by atoms with Gasteiger partial charge in [-0.25, -0.2) is 0 Å². The van der Waals surface area contributed by atoms with Crippen LogP contribution in [0.5, 0.6) is 5.75 Å². The van der Waals surface area contributed by atoms with E-state index in [1.165, 1.54) is 0 Å². The second kappa shape index (κ2) is 11.0. The fourth-order valence-corrected chi connectivity index (χ4v) is 4.46. The molecule has 1 aromatic heterocycles. The van der Waals surface area contributed by atoms with Gasteiger partial charge in [0.25, 0.3) is 0 Å². The fourth-order valence-electron chi connectivity index (χ4n) is 3.97. The molecule has 9 heteroatoms. The van der Waals surface area contributed by atoms with Crippen LogP contribution in [-0.4, -0.2) is 47.7 Å². The molecule has 33 heavy (non-hydrogen) atoms. The lowest BCUT2D eigenvalue weighted by molar-refractivity contribution is -0.126. The average Bonchev–Trinajstić information content (AvgIpc) is 3.27. The summed E-state index contributed by atoms with van der Waals surface area (Å²) in [6, 6.07) is 13.1. The molecule has 3 aromatic rings. The first-order valence-corrected chi connectivity index (χ1v) is 11.7. The number of amides is 1.